The van der Waals surface area contributed by atoms with E-state index >= 15 is 0 Å². The fraction of sp³-hybridized carbons (Fsp3) is 0.400. The lowest BCUT2D eigenvalue weighted by Crippen LogP contribution is -2.28. The highest BCUT2D eigenvalue weighted by molar-refractivity contribution is 5.81. The number of aromatic nitrogens is 1. The maximum absolute atomic E-state index is 9.58. The Hall–Kier alpha value is -1.65. The molecule has 4 nitrogen and oxygen atoms in total. The van der Waals surface area contributed by atoms with Crippen molar-refractivity contribution in [2.24, 2.45) is 0 Å². The molecule has 1 saturated heterocycles. The average Bonchev–Trinajstić information content (AvgIpc) is 2.74. The van der Waals surface area contributed by atoms with Crippen molar-refractivity contribution in [1.29, 1.82) is 0 Å². The fourth-order valence-corrected chi connectivity index (χ4v) is 2.50. The number of ether oxygens (including phenoxy) is 1. The van der Waals surface area contributed by atoms with E-state index in [1.165, 1.54) is 0 Å². The highest BCUT2D eigenvalue weighted by Crippen LogP contribution is 2.24. The molecule has 3 rings (SSSR count). The number of nitrogens with zero attached hydrogens (tertiary/aromatic N) is 2. The van der Waals surface area contributed by atoms with Gasteiger partial charge >= 0.3 is 0 Å². The van der Waals surface area contributed by atoms with Crippen molar-refractivity contribution >= 4 is 16.7 Å². The molecule has 1 aromatic carbocycles. The number of hydrogen-bond acceptors (Lipinski definition) is 4. The molecule has 1 fully saturated rings. The van der Waals surface area contributed by atoms with Crippen LogP contribution in [0.1, 0.15) is 12.0 Å². The molecule has 0 spiro atoms. The normalized spacial score (nSPS) is 16.6. The molecular formula is C15H18N2O2. The molecule has 0 saturated carbocycles. The van der Waals surface area contributed by atoms with Gasteiger partial charge in [-0.2, -0.15) is 0 Å². The number of aliphatic hydroxyl groups excluding tert-OH is 1. The zero-order valence-electron chi connectivity index (χ0n) is 10.9. The van der Waals surface area contributed by atoms with Crippen molar-refractivity contribution in [3.63, 3.8) is 0 Å². The summed E-state index contributed by atoms with van der Waals surface area (Å²) in [6, 6.07) is 10.0. The second-order valence-corrected chi connectivity index (χ2v) is 4.77. The minimum absolute atomic E-state index is 0.0184. The van der Waals surface area contributed by atoms with Gasteiger partial charge in [0.05, 0.1) is 18.7 Å². The molecule has 2 heterocycles. The van der Waals surface area contributed by atoms with Gasteiger partial charge < -0.3 is 14.7 Å². The largest absolute Gasteiger partial charge is 0.392 e. The molecule has 4 heteroatoms. The lowest BCUT2D eigenvalue weighted by atomic mass is 10.1. The molecule has 0 bridgehead atoms. The fourth-order valence-electron chi connectivity index (χ4n) is 2.50. The second-order valence-electron chi connectivity index (χ2n) is 4.77. The van der Waals surface area contributed by atoms with Gasteiger partial charge in [0.15, 0.2) is 0 Å². The Labute approximate surface area is 112 Å². The Balaban J connectivity index is 2.04. The van der Waals surface area contributed by atoms with Gasteiger partial charge in [0, 0.05) is 30.6 Å². The third-order valence-corrected chi connectivity index (χ3v) is 3.47. The third-order valence-electron chi connectivity index (χ3n) is 3.47. The van der Waals surface area contributed by atoms with E-state index in [2.05, 4.69) is 4.90 Å². The highest BCUT2D eigenvalue weighted by Gasteiger charge is 2.15. The van der Waals surface area contributed by atoms with Crippen molar-refractivity contribution in [3.8, 4) is 0 Å². The van der Waals surface area contributed by atoms with Gasteiger partial charge in [-0.25, -0.2) is 4.98 Å². The van der Waals surface area contributed by atoms with E-state index in [1.807, 2.05) is 30.3 Å². The molecule has 1 N–H and O–H groups in total. The van der Waals surface area contributed by atoms with Gasteiger partial charge in [0.25, 0.3) is 0 Å². The van der Waals surface area contributed by atoms with Gasteiger partial charge in [-0.15, -0.1) is 0 Å². The Morgan fingerprint density at radius 3 is 3.00 bits per heavy atom. The topological polar surface area (TPSA) is 45.6 Å². The monoisotopic (exact) mass is 258 g/mol. The number of hydrogen-bond donors (Lipinski definition) is 1. The van der Waals surface area contributed by atoms with Gasteiger partial charge in [-0.3, -0.25) is 0 Å². The minimum atomic E-state index is 0.0184. The van der Waals surface area contributed by atoms with E-state index in [1.54, 1.807) is 0 Å². The van der Waals surface area contributed by atoms with Crippen molar-refractivity contribution in [3.05, 3.63) is 35.9 Å². The van der Waals surface area contributed by atoms with E-state index < -0.39 is 0 Å². The van der Waals surface area contributed by atoms with Crippen LogP contribution in [-0.2, 0) is 11.3 Å². The van der Waals surface area contributed by atoms with Crippen LogP contribution in [0.2, 0.25) is 0 Å². The van der Waals surface area contributed by atoms with Crippen molar-refractivity contribution in [2.45, 2.75) is 13.0 Å². The Morgan fingerprint density at radius 2 is 2.11 bits per heavy atom. The maximum Gasteiger partial charge on any atom is 0.134 e. The number of rotatable bonds is 2. The first-order chi connectivity index (χ1) is 9.38. The van der Waals surface area contributed by atoms with Crippen LogP contribution in [0.15, 0.2) is 30.3 Å². The number of aliphatic hydroxyl groups is 1. The number of fused-ring (bicyclic) bond motifs is 1. The van der Waals surface area contributed by atoms with Crippen LogP contribution in [0, 0.1) is 0 Å². The third kappa shape index (κ3) is 2.55. The predicted octanol–water partition coefficient (Wildman–Crippen LogP) is 1.95. The van der Waals surface area contributed by atoms with E-state index in [4.69, 9.17) is 9.72 Å². The second kappa shape index (κ2) is 5.55. The lowest BCUT2D eigenvalue weighted by Gasteiger charge is -2.23. The first kappa shape index (κ1) is 12.4. The predicted molar refractivity (Wildman–Crippen MR) is 75.3 cm³/mol. The molecule has 100 valence electrons. The molecule has 0 aliphatic carbocycles. The Kier molecular flexibility index (Phi) is 3.62. The molecule has 0 amide bonds. The average molecular weight is 258 g/mol. The highest BCUT2D eigenvalue weighted by atomic mass is 16.5. The molecule has 1 aliphatic rings. The molecule has 0 unspecified atom stereocenters. The number of pyridine rings is 1. The van der Waals surface area contributed by atoms with Crippen molar-refractivity contribution in [2.75, 3.05) is 31.2 Å². The molecule has 0 radical (unpaired) electrons. The zero-order chi connectivity index (χ0) is 13.1. The summed E-state index contributed by atoms with van der Waals surface area (Å²) in [5.74, 6) is 0.895. The van der Waals surface area contributed by atoms with Crippen LogP contribution >= 0.6 is 0 Å². The number of para-hydroxylation sites is 1. The van der Waals surface area contributed by atoms with Gasteiger partial charge in [0.1, 0.15) is 5.82 Å². The summed E-state index contributed by atoms with van der Waals surface area (Å²) in [6.07, 6.45) is 0.999. The molecular weight excluding hydrogens is 240 g/mol. The summed E-state index contributed by atoms with van der Waals surface area (Å²) in [5.41, 5.74) is 1.86. The summed E-state index contributed by atoms with van der Waals surface area (Å²) in [7, 11) is 0. The van der Waals surface area contributed by atoms with Gasteiger partial charge in [-0.1, -0.05) is 18.2 Å². The van der Waals surface area contributed by atoms with Crippen LogP contribution in [0.25, 0.3) is 10.9 Å². The van der Waals surface area contributed by atoms with E-state index in [-0.39, 0.29) is 6.61 Å². The van der Waals surface area contributed by atoms with Crippen LogP contribution in [-0.4, -0.2) is 36.4 Å². The summed E-state index contributed by atoms with van der Waals surface area (Å²) in [4.78, 5) is 6.94. The Bertz CT molecular complexity index is 563. The van der Waals surface area contributed by atoms with Gasteiger partial charge in [0.2, 0.25) is 0 Å². The number of anilines is 1. The van der Waals surface area contributed by atoms with E-state index in [9.17, 15) is 5.11 Å². The summed E-state index contributed by atoms with van der Waals surface area (Å²) >= 11 is 0. The van der Waals surface area contributed by atoms with Crippen LogP contribution in [0.5, 0.6) is 0 Å². The quantitative estimate of drug-likeness (QED) is 0.894. The zero-order valence-corrected chi connectivity index (χ0v) is 10.9. The van der Waals surface area contributed by atoms with Gasteiger partial charge in [-0.05, 0) is 18.6 Å². The van der Waals surface area contributed by atoms with Crippen molar-refractivity contribution in [1.82, 2.24) is 4.98 Å². The molecule has 2 aromatic rings. The lowest BCUT2D eigenvalue weighted by molar-refractivity contribution is 0.152. The smallest absolute Gasteiger partial charge is 0.134 e. The standard InChI is InChI=1S/C15H18N2O2/c18-11-13-10-12-4-1-2-5-14(12)16-15(13)17-6-3-8-19-9-7-17/h1-2,4-5,10,18H,3,6-9,11H2. The molecule has 19 heavy (non-hydrogen) atoms. The molecule has 0 atom stereocenters. The van der Waals surface area contributed by atoms with E-state index in [0.29, 0.717) is 0 Å². The number of benzene rings is 1. The van der Waals surface area contributed by atoms with E-state index in [0.717, 1.165) is 55.0 Å². The van der Waals surface area contributed by atoms with Crippen LogP contribution < -0.4 is 4.90 Å². The molecule has 1 aromatic heterocycles. The SMILES string of the molecule is OCc1cc2ccccc2nc1N1CCCOCC1. The molecule has 1 aliphatic heterocycles. The van der Waals surface area contributed by atoms with Crippen LogP contribution in [0.3, 0.4) is 0 Å². The first-order valence-corrected chi connectivity index (χ1v) is 6.71. The maximum atomic E-state index is 9.58. The summed E-state index contributed by atoms with van der Waals surface area (Å²) < 4.78 is 5.48. The first-order valence-electron chi connectivity index (χ1n) is 6.71. The van der Waals surface area contributed by atoms with Crippen LogP contribution in [0.4, 0.5) is 5.82 Å². The Morgan fingerprint density at radius 1 is 1.21 bits per heavy atom. The summed E-state index contributed by atoms with van der Waals surface area (Å²) in [6.45, 7) is 3.30. The summed E-state index contributed by atoms with van der Waals surface area (Å²) in [5, 5.41) is 10.7. The minimum Gasteiger partial charge on any atom is -0.392 e. The van der Waals surface area contributed by atoms with Crippen molar-refractivity contribution < 1.29 is 9.84 Å².